The van der Waals surface area contributed by atoms with Gasteiger partial charge in [0, 0.05) is 11.8 Å². The van der Waals surface area contributed by atoms with Crippen LogP contribution in [0.2, 0.25) is 0 Å². The number of Topliss-reactive ketones (excluding diaryl/α,β-unsaturated/α-hetero) is 1. The molecule has 4 atom stereocenters. The molecule has 0 heterocycles. The van der Waals surface area contributed by atoms with E-state index in [2.05, 4.69) is 33.4 Å². The van der Waals surface area contributed by atoms with E-state index in [0.29, 0.717) is 12.3 Å². The highest BCUT2D eigenvalue weighted by Gasteiger charge is 2.48. The average molecular weight is 234 g/mol. The van der Waals surface area contributed by atoms with Gasteiger partial charge in [-0.25, -0.2) is 0 Å². The molecule has 94 valence electrons. The van der Waals surface area contributed by atoms with E-state index < -0.39 is 6.10 Å². The Balaban J connectivity index is 2.39. The van der Waals surface area contributed by atoms with Crippen molar-refractivity contribution in [1.29, 1.82) is 0 Å². The van der Waals surface area contributed by atoms with Gasteiger partial charge in [0.25, 0.3) is 0 Å². The molecule has 2 nitrogen and oxygen atoms in total. The molecular formula is C15H22O2. The van der Waals surface area contributed by atoms with Crippen molar-refractivity contribution < 1.29 is 9.90 Å². The SMILES string of the molecule is C=C(C)C1CC=C2C(=O)CC(O)C(C)C2(C)C1. The zero-order valence-corrected chi connectivity index (χ0v) is 11.0. The molecule has 2 aliphatic carbocycles. The normalized spacial score (nSPS) is 41.8. The van der Waals surface area contributed by atoms with Crippen molar-refractivity contribution in [1.82, 2.24) is 0 Å². The first-order valence-electron chi connectivity index (χ1n) is 6.43. The number of hydrogen-bond donors (Lipinski definition) is 1. The highest BCUT2D eigenvalue weighted by atomic mass is 16.3. The van der Waals surface area contributed by atoms with Crippen molar-refractivity contribution in [3.63, 3.8) is 0 Å². The third-order valence-electron chi connectivity index (χ3n) is 4.87. The van der Waals surface area contributed by atoms with E-state index in [4.69, 9.17) is 0 Å². The first-order valence-corrected chi connectivity index (χ1v) is 6.43. The third-order valence-corrected chi connectivity index (χ3v) is 4.87. The molecule has 0 bridgehead atoms. The summed E-state index contributed by atoms with van der Waals surface area (Å²) in [6, 6.07) is 0. The van der Waals surface area contributed by atoms with Crippen LogP contribution in [0, 0.1) is 17.3 Å². The van der Waals surface area contributed by atoms with E-state index in [9.17, 15) is 9.90 Å². The summed E-state index contributed by atoms with van der Waals surface area (Å²) >= 11 is 0. The highest BCUT2D eigenvalue weighted by Crippen LogP contribution is 2.51. The van der Waals surface area contributed by atoms with Crippen LogP contribution < -0.4 is 0 Å². The molecule has 2 heteroatoms. The maximum atomic E-state index is 12.0. The number of hydrogen-bond acceptors (Lipinski definition) is 2. The zero-order chi connectivity index (χ0) is 12.8. The van der Waals surface area contributed by atoms with Crippen molar-refractivity contribution in [2.75, 3.05) is 0 Å². The van der Waals surface area contributed by atoms with Crippen LogP contribution in [-0.2, 0) is 4.79 Å². The number of rotatable bonds is 1. The molecule has 2 rings (SSSR count). The van der Waals surface area contributed by atoms with Gasteiger partial charge in [0.1, 0.15) is 0 Å². The van der Waals surface area contributed by atoms with E-state index in [0.717, 1.165) is 18.4 Å². The van der Waals surface area contributed by atoms with Crippen LogP contribution in [0.4, 0.5) is 0 Å². The predicted octanol–water partition coefficient (Wildman–Crippen LogP) is 2.88. The van der Waals surface area contributed by atoms with Gasteiger partial charge >= 0.3 is 0 Å². The molecule has 2 aliphatic rings. The lowest BCUT2D eigenvalue weighted by atomic mass is 9.57. The number of carbonyl (C=O) groups is 1. The summed E-state index contributed by atoms with van der Waals surface area (Å²) in [6.07, 6.45) is 3.76. The summed E-state index contributed by atoms with van der Waals surface area (Å²) in [5.74, 6) is 0.733. The van der Waals surface area contributed by atoms with Gasteiger partial charge in [-0.2, -0.15) is 0 Å². The van der Waals surface area contributed by atoms with Crippen molar-refractivity contribution >= 4 is 5.78 Å². The fourth-order valence-corrected chi connectivity index (χ4v) is 3.34. The van der Waals surface area contributed by atoms with Crippen LogP contribution in [0.3, 0.4) is 0 Å². The summed E-state index contributed by atoms with van der Waals surface area (Å²) < 4.78 is 0. The van der Waals surface area contributed by atoms with Crippen LogP contribution >= 0.6 is 0 Å². The summed E-state index contributed by atoms with van der Waals surface area (Å²) in [7, 11) is 0. The molecule has 0 amide bonds. The first kappa shape index (κ1) is 12.6. The van der Waals surface area contributed by atoms with Crippen LogP contribution in [-0.4, -0.2) is 17.0 Å². The number of fused-ring (bicyclic) bond motifs is 1. The second kappa shape index (κ2) is 4.09. The molecule has 0 radical (unpaired) electrons. The van der Waals surface area contributed by atoms with E-state index >= 15 is 0 Å². The van der Waals surface area contributed by atoms with Gasteiger partial charge in [0.15, 0.2) is 5.78 Å². The third kappa shape index (κ3) is 1.89. The van der Waals surface area contributed by atoms with E-state index in [-0.39, 0.29) is 17.1 Å². The minimum absolute atomic E-state index is 0.137. The van der Waals surface area contributed by atoms with Gasteiger partial charge in [-0.15, -0.1) is 0 Å². The Kier molecular flexibility index (Phi) is 3.03. The molecule has 1 fully saturated rings. The molecule has 4 unspecified atom stereocenters. The van der Waals surface area contributed by atoms with E-state index in [1.807, 2.05) is 0 Å². The zero-order valence-electron chi connectivity index (χ0n) is 11.0. The number of carbonyl (C=O) groups excluding carboxylic acids is 1. The van der Waals surface area contributed by atoms with Crippen LogP contribution in [0.5, 0.6) is 0 Å². The molecule has 1 N–H and O–H groups in total. The largest absolute Gasteiger partial charge is 0.392 e. The molecule has 0 spiro atoms. The minimum atomic E-state index is -0.492. The molecular weight excluding hydrogens is 212 g/mol. The van der Waals surface area contributed by atoms with Crippen LogP contribution in [0.25, 0.3) is 0 Å². The number of aliphatic hydroxyl groups excluding tert-OH is 1. The lowest BCUT2D eigenvalue weighted by Crippen LogP contribution is -2.47. The fraction of sp³-hybridized carbons (Fsp3) is 0.667. The maximum absolute atomic E-state index is 12.0. The van der Waals surface area contributed by atoms with Gasteiger partial charge in [-0.05, 0) is 37.2 Å². The Bertz CT molecular complexity index is 394. The predicted molar refractivity (Wildman–Crippen MR) is 68.5 cm³/mol. The Hall–Kier alpha value is -0.890. The monoisotopic (exact) mass is 234 g/mol. The Morgan fingerprint density at radius 1 is 1.59 bits per heavy atom. The van der Waals surface area contributed by atoms with Crippen molar-refractivity contribution in [3.05, 3.63) is 23.8 Å². The molecule has 1 saturated carbocycles. The lowest BCUT2D eigenvalue weighted by Gasteiger charge is -2.48. The van der Waals surface area contributed by atoms with Gasteiger partial charge in [0.05, 0.1) is 6.10 Å². The smallest absolute Gasteiger partial charge is 0.161 e. The highest BCUT2D eigenvalue weighted by molar-refractivity contribution is 5.98. The topological polar surface area (TPSA) is 37.3 Å². The summed E-state index contributed by atoms with van der Waals surface area (Å²) in [6.45, 7) is 10.3. The van der Waals surface area contributed by atoms with E-state index in [1.54, 1.807) is 0 Å². The average Bonchev–Trinajstić information content (AvgIpc) is 2.25. The second-order valence-corrected chi connectivity index (χ2v) is 6.00. The van der Waals surface area contributed by atoms with Gasteiger partial charge in [-0.3, -0.25) is 4.79 Å². The van der Waals surface area contributed by atoms with Crippen molar-refractivity contribution in [2.24, 2.45) is 17.3 Å². The molecule has 0 aromatic rings. The Morgan fingerprint density at radius 2 is 2.24 bits per heavy atom. The Morgan fingerprint density at radius 3 is 2.82 bits per heavy atom. The molecule has 0 aromatic carbocycles. The molecule has 0 saturated heterocycles. The van der Waals surface area contributed by atoms with Gasteiger partial charge in [0.2, 0.25) is 0 Å². The summed E-state index contributed by atoms with van der Waals surface area (Å²) in [5.41, 5.74) is 1.96. The maximum Gasteiger partial charge on any atom is 0.161 e. The number of ketones is 1. The summed E-state index contributed by atoms with van der Waals surface area (Å²) in [5, 5.41) is 10.0. The van der Waals surface area contributed by atoms with Crippen molar-refractivity contribution in [2.45, 2.75) is 46.1 Å². The molecule has 17 heavy (non-hydrogen) atoms. The molecule has 0 aliphatic heterocycles. The quantitative estimate of drug-likeness (QED) is 0.708. The van der Waals surface area contributed by atoms with Crippen molar-refractivity contribution in [3.8, 4) is 0 Å². The first-order chi connectivity index (χ1) is 7.86. The minimum Gasteiger partial charge on any atom is -0.392 e. The standard InChI is InChI=1S/C15H22O2/c1-9(2)11-5-6-12-14(17)7-13(16)10(3)15(12,4)8-11/h6,10-11,13,16H,1,5,7-8H2,2-4H3. The van der Waals surface area contributed by atoms with E-state index in [1.165, 1.54) is 5.57 Å². The Labute approximate surface area is 103 Å². The molecule has 0 aromatic heterocycles. The summed E-state index contributed by atoms with van der Waals surface area (Å²) in [4.78, 5) is 12.0. The number of aliphatic hydroxyl groups is 1. The lowest BCUT2D eigenvalue weighted by molar-refractivity contribution is -0.125. The fourth-order valence-electron chi connectivity index (χ4n) is 3.34. The second-order valence-electron chi connectivity index (χ2n) is 6.00. The van der Waals surface area contributed by atoms with Crippen LogP contribution in [0.1, 0.15) is 40.0 Å². The van der Waals surface area contributed by atoms with Gasteiger partial charge in [-0.1, -0.05) is 32.1 Å². The van der Waals surface area contributed by atoms with Gasteiger partial charge < -0.3 is 5.11 Å². The van der Waals surface area contributed by atoms with Crippen LogP contribution in [0.15, 0.2) is 23.8 Å². The number of allylic oxidation sites excluding steroid dienone is 3.